The number of hydrogen-bond acceptors (Lipinski definition) is 4. The number of Topliss-reactive ketones (excluding diaryl/α,β-unsaturated/α-hetero) is 1. The highest BCUT2D eigenvalue weighted by Gasteiger charge is 2.29. The second-order valence-electron chi connectivity index (χ2n) is 9.89. The molecule has 1 aliphatic carbocycles. The first-order valence-electron chi connectivity index (χ1n) is 12.0. The lowest BCUT2D eigenvalue weighted by molar-refractivity contribution is -0.148. The number of allylic oxidation sites excluding steroid dienone is 1. The van der Waals surface area contributed by atoms with Gasteiger partial charge in [0.2, 0.25) is 5.78 Å². The zero-order valence-corrected chi connectivity index (χ0v) is 20.1. The van der Waals surface area contributed by atoms with E-state index in [-0.39, 0.29) is 23.6 Å². The SMILES string of the molecule is CC(C)(C)OC(=O)/C=C/C1CCC(C(=O)c2nc3ccccc3n2/C=C\c2ccccc2)CC1. The Labute approximate surface area is 201 Å². The van der Waals surface area contributed by atoms with E-state index in [1.54, 1.807) is 0 Å². The fraction of sp³-hybridized carbons (Fsp3) is 0.345. The lowest BCUT2D eigenvalue weighted by Gasteiger charge is -2.25. The van der Waals surface area contributed by atoms with Gasteiger partial charge >= 0.3 is 5.97 Å². The summed E-state index contributed by atoms with van der Waals surface area (Å²) in [6, 6.07) is 17.9. The molecule has 5 heteroatoms. The highest BCUT2D eigenvalue weighted by Crippen LogP contribution is 2.32. The molecule has 0 N–H and O–H groups in total. The second kappa shape index (κ2) is 10.2. The van der Waals surface area contributed by atoms with Gasteiger partial charge in [-0.1, -0.05) is 48.5 Å². The number of hydrogen-bond donors (Lipinski definition) is 0. The van der Waals surface area contributed by atoms with Gasteiger partial charge in [-0.2, -0.15) is 0 Å². The van der Waals surface area contributed by atoms with Crippen molar-refractivity contribution in [2.75, 3.05) is 0 Å². The Morgan fingerprint density at radius 2 is 1.65 bits per heavy atom. The van der Waals surface area contributed by atoms with Gasteiger partial charge in [-0.3, -0.25) is 9.36 Å². The number of para-hydroxylation sites is 2. The van der Waals surface area contributed by atoms with Crippen LogP contribution in [0.5, 0.6) is 0 Å². The Kier molecular flexibility index (Phi) is 7.11. The van der Waals surface area contributed by atoms with Gasteiger partial charge < -0.3 is 4.74 Å². The van der Waals surface area contributed by atoms with Gasteiger partial charge in [0.05, 0.1) is 11.0 Å². The smallest absolute Gasteiger partial charge is 0.330 e. The van der Waals surface area contributed by atoms with Gasteiger partial charge in [-0.25, -0.2) is 9.78 Å². The van der Waals surface area contributed by atoms with Crippen molar-refractivity contribution in [1.82, 2.24) is 9.55 Å². The topological polar surface area (TPSA) is 61.2 Å². The maximum absolute atomic E-state index is 13.5. The van der Waals surface area contributed by atoms with E-state index in [1.165, 1.54) is 6.08 Å². The Hall–Kier alpha value is -3.47. The molecule has 5 nitrogen and oxygen atoms in total. The average Bonchev–Trinajstić information content (AvgIpc) is 3.19. The maximum Gasteiger partial charge on any atom is 0.330 e. The first-order chi connectivity index (χ1) is 16.3. The van der Waals surface area contributed by atoms with Gasteiger partial charge in [0.1, 0.15) is 5.60 Å². The number of carbonyl (C=O) groups is 2. The number of carbonyl (C=O) groups excluding carboxylic acids is 2. The fourth-order valence-electron chi connectivity index (χ4n) is 4.40. The molecule has 34 heavy (non-hydrogen) atoms. The Morgan fingerprint density at radius 1 is 0.971 bits per heavy atom. The predicted molar refractivity (Wildman–Crippen MR) is 136 cm³/mol. The van der Waals surface area contributed by atoms with E-state index in [9.17, 15) is 9.59 Å². The molecular weight excluding hydrogens is 424 g/mol. The number of nitrogens with zero attached hydrogens (tertiary/aromatic N) is 2. The molecule has 1 saturated carbocycles. The third-order valence-corrected chi connectivity index (χ3v) is 6.09. The van der Waals surface area contributed by atoms with Crippen LogP contribution in [-0.2, 0) is 9.53 Å². The van der Waals surface area contributed by atoms with Crippen LogP contribution < -0.4 is 0 Å². The van der Waals surface area contributed by atoms with Crippen molar-refractivity contribution in [1.29, 1.82) is 0 Å². The summed E-state index contributed by atoms with van der Waals surface area (Å²) in [7, 11) is 0. The molecule has 1 aliphatic rings. The van der Waals surface area contributed by atoms with Crippen LogP contribution in [0.1, 0.15) is 62.6 Å². The summed E-state index contributed by atoms with van der Waals surface area (Å²) in [6.07, 6.45) is 10.7. The molecule has 0 aliphatic heterocycles. The van der Waals surface area contributed by atoms with Crippen LogP contribution >= 0.6 is 0 Å². The second-order valence-corrected chi connectivity index (χ2v) is 9.89. The predicted octanol–water partition coefficient (Wildman–Crippen LogP) is 6.55. The lowest BCUT2D eigenvalue weighted by Crippen LogP contribution is -2.24. The van der Waals surface area contributed by atoms with Gasteiger partial charge in [-0.05, 0) is 76.1 Å². The Balaban J connectivity index is 1.47. The van der Waals surface area contributed by atoms with Crippen LogP contribution in [0, 0.1) is 11.8 Å². The summed E-state index contributed by atoms with van der Waals surface area (Å²) < 4.78 is 7.26. The number of ketones is 1. The number of aromatic nitrogens is 2. The van der Waals surface area contributed by atoms with Gasteiger partial charge in [0.15, 0.2) is 5.82 Å². The highest BCUT2D eigenvalue weighted by molar-refractivity contribution is 5.99. The summed E-state index contributed by atoms with van der Waals surface area (Å²) in [6.45, 7) is 5.58. The molecule has 0 bridgehead atoms. The molecule has 2 aromatic carbocycles. The van der Waals surface area contributed by atoms with Crippen molar-refractivity contribution < 1.29 is 14.3 Å². The molecule has 4 rings (SSSR count). The molecule has 1 heterocycles. The van der Waals surface area contributed by atoms with E-state index >= 15 is 0 Å². The summed E-state index contributed by atoms with van der Waals surface area (Å²) in [5, 5.41) is 0. The van der Waals surface area contributed by atoms with Crippen LogP contribution in [0.25, 0.3) is 23.3 Å². The molecule has 0 unspecified atom stereocenters. The monoisotopic (exact) mass is 456 g/mol. The molecular formula is C29H32N2O3. The lowest BCUT2D eigenvalue weighted by atomic mass is 9.79. The van der Waals surface area contributed by atoms with Crippen molar-refractivity contribution in [2.45, 2.75) is 52.1 Å². The number of imidazole rings is 1. The summed E-state index contributed by atoms with van der Waals surface area (Å²) in [5.74, 6) is 0.481. The minimum Gasteiger partial charge on any atom is -0.457 e. The number of benzene rings is 2. The van der Waals surface area contributed by atoms with E-state index in [1.807, 2.05) is 98.3 Å². The van der Waals surface area contributed by atoms with Crippen molar-refractivity contribution in [2.24, 2.45) is 11.8 Å². The standard InChI is InChI=1S/C29H32N2O3/c1-29(2,3)34-26(32)18-15-22-13-16-23(17-14-22)27(33)28-30-24-11-7-8-12-25(24)31(28)20-19-21-9-5-4-6-10-21/h4-12,15,18-20,22-23H,13-14,16-17H2,1-3H3/b18-15+,20-19-. The average molecular weight is 457 g/mol. The van der Waals surface area contributed by atoms with Crippen molar-refractivity contribution >= 4 is 35.1 Å². The van der Waals surface area contributed by atoms with Gasteiger partial charge in [-0.15, -0.1) is 0 Å². The third kappa shape index (κ3) is 5.90. The minimum atomic E-state index is -0.494. The van der Waals surface area contributed by atoms with Gasteiger partial charge in [0.25, 0.3) is 0 Å². The van der Waals surface area contributed by atoms with Crippen LogP contribution in [0.3, 0.4) is 0 Å². The van der Waals surface area contributed by atoms with Crippen LogP contribution in [0.4, 0.5) is 0 Å². The van der Waals surface area contributed by atoms with Crippen LogP contribution in [0.2, 0.25) is 0 Å². The quantitative estimate of drug-likeness (QED) is 0.240. The molecule has 3 aromatic rings. The first-order valence-corrected chi connectivity index (χ1v) is 12.0. The summed E-state index contributed by atoms with van der Waals surface area (Å²) >= 11 is 0. The number of esters is 1. The van der Waals surface area contributed by atoms with E-state index in [0.29, 0.717) is 5.82 Å². The number of fused-ring (bicyclic) bond motifs is 1. The first kappa shape index (κ1) is 23.7. The highest BCUT2D eigenvalue weighted by atomic mass is 16.6. The molecule has 1 fully saturated rings. The van der Waals surface area contributed by atoms with E-state index in [4.69, 9.17) is 9.72 Å². The Morgan fingerprint density at radius 3 is 2.35 bits per heavy atom. The van der Waals surface area contributed by atoms with E-state index in [0.717, 1.165) is 42.3 Å². The molecule has 176 valence electrons. The maximum atomic E-state index is 13.5. The normalized spacial score (nSPS) is 19.1. The largest absolute Gasteiger partial charge is 0.457 e. The van der Waals surface area contributed by atoms with Crippen molar-refractivity contribution in [3.05, 3.63) is 78.1 Å². The molecule has 0 radical (unpaired) electrons. The summed E-state index contributed by atoms with van der Waals surface area (Å²) in [5.41, 5.74) is 2.31. The van der Waals surface area contributed by atoms with E-state index in [2.05, 4.69) is 0 Å². The molecule has 0 atom stereocenters. The number of ether oxygens (including phenoxy) is 1. The third-order valence-electron chi connectivity index (χ3n) is 6.09. The fourth-order valence-corrected chi connectivity index (χ4v) is 4.40. The zero-order valence-electron chi connectivity index (χ0n) is 20.1. The zero-order chi connectivity index (χ0) is 24.1. The molecule has 1 aromatic heterocycles. The molecule has 0 spiro atoms. The van der Waals surface area contributed by atoms with Gasteiger partial charge in [0, 0.05) is 18.2 Å². The van der Waals surface area contributed by atoms with Crippen molar-refractivity contribution in [3.8, 4) is 0 Å². The molecule has 0 saturated heterocycles. The van der Waals surface area contributed by atoms with E-state index < -0.39 is 5.60 Å². The van der Waals surface area contributed by atoms with Crippen LogP contribution in [-0.4, -0.2) is 26.9 Å². The van der Waals surface area contributed by atoms with Crippen molar-refractivity contribution in [3.63, 3.8) is 0 Å². The Bertz CT molecular complexity index is 1210. The number of rotatable bonds is 6. The molecule has 0 amide bonds. The summed E-state index contributed by atoms with van der Waals surface area (Å²) in [4.78, 5) is 30.2. The van der Waals surface area contributed by atoms with Crippen LogP contribution in [0.15, 0.2) is 66.7 Å². The minimum absolute atomic E-state index is 0.0631.